The number of rotatable bonds is 2. The lowest BCUT2D eigenvalue weighted by molar-refractivity contribution is -0.596. The maximum Gasteiger partial charge on any atom is 0.419 e. The number of ether oxygens (including phenoxy) is 1. The number of pyridine rings is 1. The third-order valence-corrected chi connectivity index (χ3v) is 6.82. The van der Waals surface area contributed by atoms with Crippen LogP contribution in [-0.4, -0.2) is 32.6 Å². The van der Waals surface area contributed by atoms with Crippen molar-refractivity contribution >= 4 is 5.91 Å². The second-order valence-corrected chi connectivity index (χ2v) is 9.25. The van der Waals surface area contributed by atoms with E-state index < -0.39 is 59.4 Å². The van der Waals surface area contributed by atoms with Gasteiger partial charge in [-0.15, -0.1) is 0 Å². The first kappa shape index (κ1) is 24.9. The molecule has 1 amide bonds. The molecule has 196 valence electrons. The lowest BCUT2D eigenvalue weighted by Crippen LogP contribution is -2.52. The predicted molar refractivity (Wildman–Crippen MR) is 116 cm³/mol. The van der Waals surface area contributed by atoms with E-state index in [1.165, 1.54) is 21.6 Å². The molecule has 2 aliphatic rings. The largest absolute Gasteiger partial charge is 0.490 e. The average Bonchev–Trinajstić information content (AvgIpc) is 3.35. The van der Waals surface area contributed by atoms with Crippen molar-refractivity contribution < 1.29 is 40.4 Å². The molecule has 13 heteroatoms. The Morgan fingerprint density at radius 2 is 1.76 bits per heavy atom. The Bertz CT molecular complexity index is 1470. The van der Waals surface area contributed by atoms with E-state index in [2.05, 4.69) is 0 Å². The summed E-state index contributed by atoms with van der Waals surface area (Å²) in [6, 6.07) is 1.58. The first-order valence-electron chi connectivity index (χ1n) is 11.2. The van der Waals surface area contributed by atoms with Crippen LogP contribution in [0.3, 0.4) is 0 Å². The highest BCUT2D eigenvalue weighted by atomic mass is 19.4. The summed E-state index contributed by atoms with van der Waals surface area (Å²) in [5.74, 6) is -1.41. The van der Waals surface area contributed by atoms with E-state index in [0.717, 1.165) is 5.69 Å². The fourth-order valence-corrected chi connectivity index (χ4v) is 4.92. The molecule has 5 rings (SSSR count). The Morgan fingerprint density at radius 3 is 2.35 bits per heavy atom. The van der Waals surface area contributed by atoms with E-state index in [-0.39, 0.29) is 23.9 Å². The van der Waals surface area contributed by atoms with E-state index in [9.17, 15) is 35.9 Å². The molecule has 0 bridgehead atoms. The van der Waals surface area contributed by atoms with Gasteiger partial charge in [-0.05, 0) is 31.2 Å². The summed E-state index contributed by atoms with van der Waals surface area (Å²) in [5.41, 5.74) is -2.69. The highest BCUT2D eigenvalue weighted by Gasteiger charge is 2.47. The fourth-order valence-electron chi connectivity index (χ4n) is 4.92. The van der Waals surface area contributed by atoms with Crippen LogP contribution in [-0.2, 0) is 25.9 Å². The van der Waals surface area contributed by atoms with Gasteiger partial charge in [0.25, 0.3) is 11.5 Å². The van der Waals surface area contributed by atoms with Crippen LogP contribution in [0.5, 0.6) is 5.75 Å². The minimum atomic E-state index is -5.10. The minimum absolute atomic E-state index is 0.00293. The smallest absolute Gasteiger partial charge is 0.419 e. The summed E-state index contributed by atoms with van der Waals surface area (Å²) in [4.78, 5) is 27.9. The molecule has 1 aromatic carbocycles. The van der Waals surface area contributed by atoms with Gasteiger partial charge < -0.3 is 9.64 Å². The van der Waals surface area contributed by atoms with E-state index in [1.807, 2.05) is 6.92 Å². The highest BCUT2D eigenvalue weighted by molar-refractivity contribution is 5.94. The molecular formula is C24H21F6N4O3+. The molecule has 0 N–H and O–H groups in total. The Balaban J connectivity index is 1.58. The summed E-state index contributed by atoms with van der Waals surface area (Å²) < 4.78 is 91.2. The zero-order chi connectivity index (χ0) is 27.0. The minimum Gasteiger partial charge on any atom is -0.490 e. The molecule has 0 saturated carbocycles. The van der Waals surface area contributed by atoms with E-state index in [4.69, 9.17) is 4.74 Å². The second-order valence-electron chi connectivity index (χ2n) is 9.25. The van der Waals surface area contributed by atoms with Crippen molar-refractivity contribution in [1.82, 2.24) is 14.0 Å². The van der Waals surface area contributed by atoms with Crippen molar-refractivity contribution in [3.05, 3.63) is 75.2 Å². The number of fused-ring (bicyclic) bond motifs is 2. The van der Waals surface area contributed by atoms with Crippen LogP contribution in [0.25, 0.3) is 5.69 Å². The summed E-state index contributed by atoms with van der Waals surface area (Å²) in [6.07, 6.45) is -6.69. The molecule has 2 aliphatic heterocycles. The number of amides is 1. The van der Waals surface area contributed by atoms with Gasteiger partial charge in [-0.1, -0.05) is 0 Å². The molecule has 3 aromatic rings. The van der Waals surface area contributed by atoms with Crippen molar-refractivity contribution in [3.8, 4) is 11.4 Å². The number of aromatic nitrogens is 3. The molecule has 0 saturated heterocycles. The summed E-state index contributed by atoms with van der Waals surface area (Å²) >= 11 is 0. The summed E-state index contributed by atoms with van der Waals surface area (Å²) in [7, 11) is 1.81. The van der Waals surface area contributed by atoms with Gasteiger partial charge in [0.1, 0.15) is 29.9 Å². The van der Waals surface area contributed by atoms with Crippen molar-refractivity contribution in [3.63, 3.8) is 0 Å². The molecule has 2 unspecified atom stereocenters. The van der Waals surface area contributed by atoms with Gasteiger partial charge in [0, 0.05) is 25.1 Å². The monoisotopic (exact) mass is 527 g/mol. The summed E-state index contributed by atoms with van der Waals surface area (Å²) in [5, 5.41) is 0. The van der Waals surface area contributed by atoms with Gasteiger partial charge in [-0.25, -0.2) is 4.57 Å². The third kappa shape index (κ3) is 3.96. The number of halogens is 6. The van der Waals surface area contributed by atoms with Crippen LogP contribution in [0.1, 0.15) is 45.8 Å². The molecule has 0 spiro atoms. The van der Waals surface area contributed by atoms with Crippen molar-refractivity contribution in [2.75, 3.05) is 6.61 Å². The van der Waals surface area contributed by atoms with Crippen LogP contribution < -0.4 is 14.9 Å². The van der Waals surface area contributed by atoms with E-state index in [1.54, 1.807) is 35.6 Å². The molecule has 0 aliphatic carbocycles. The highest BCUT2D eigenvalue weighted by Crippen LogP contribution is 2.48. The lowest BCUT2D eigenvalue weighted by atomic mass is 9.97. The topological polar surface area (TPSA) is 60.3 Å². The van der Waals surface area contributed by atoms with Crippen LogP contribution in [0.2, 0.25) is 0 Å². The van der Waals surface area contributed by atoms with Gasteiger partial charge in [-0.2, -0.15) is 30.9 Å². The quantitative estimate of drug-likeness (QED) is 0.377. The van der Waals surface area contributed by atoms with Gasteiger partial charge in [0.15, 0.2) is 5.69 Å². The van der Waals surface area contributed by atoms with Crippen molar-refractivity contribution in [1.29, 1.82) is 0 Å². The van der Waals surface area contributed by atoms with Crippen molar-refractivity contribution in [2.24, 2.45) is 7.05 Å². The van der Waals surface area contributed by atoms with Crippen LogP contribution >= 0.6 is 0 Å². The van der Waals surface area contributed by atoms with Crippen molar-refractivity contribution in [2.45, 2.75) is 44.8 Å². The van der Waals surface area contributed by atoms with E-state index in [0.29, 0.717) is 11.8 Å². The molecule has 0 radical (unpaired) electrons. The molecule has 7 nitrogen and oxygen atoms in total. The van der Waals surface area contributed by atoms with Crippen LogP contribution in [0.4, 0.5) is 26.3 Å². The van der Waals surface area contributed by atoms with E-state index >= 15 is 0 Å². The normalized spacial score (nSPS) is 19.6. The van der Waals surface area contributed by atoms with Crippen LogP contribution in [0, 0.1) is 6.92 Å². The SMILES string of the molecule is Cc1c[n+](-c2ccc3n(c2=O)CC(C)N(C2COc4c2cc(C(F)(F)F)cc4C(F)(F)F)C3=O)cn1C. The first-order valence-corrected chi connectivity index (χ1v) is 11.2. The number of hydrogen-bond acceptors (Lipinski definition) is 3. The number of alkyl halides is 6. The molecule has 4 heterocycles. The molecule has 0 fully saturated rings. The Morgan fingerprint density at radius 1 is 1.05 bits per heavy atom. The zero-order valence-electron chi connectivity index (χ0n) is 19.8. The maximum atomic E-state index is 13.6. The Hall–Kier alpha value is -3.77. The number of carbonyl (C=O) groups is 1. The Kier molecular flexibility index (Phi) is 5.46. The number of nitrogens with zero attached hydrogens (tertiary/aromatic N) is 4. The van der Waals surface area contributed by atoms with Gasteiger partial charge in [0.05, 0.1) is 24.2 Å². The molecule has 37 heavy (non-hydrogen) atoms. The lowest BCUT2D eigenvalue weighted by Gasteiger charge is -2.38. The summed E-state index contributed by atoms with van der Waals surface area (Å²) in [6.45, 7) is 2.98. The molecule has 2 aromatic heterocycles. The average molecular weight is 527 g/mol. The Labute approximate surface area is 206 Å². The van der Waals surface area contributed by atoms with Gasteiger partial charge in [0.2, 0.25) is 6.33 Å². The maximum absolute atomic E-state index is 13.6. The second kappa shape index (κ2) is 8.12. The number of carbonyl (C=O) groups excluding carboxylic acids is 1. The van der Waals surface area contributed by atoms with Gasteiger partial charge >= 0.3 is 12.4 Å². The predicted octanol–water partition coefficient (Wildman–Crippen LogP) is 3.79. The van der Waals surface area contributed by atoms with Gasteiger partial charge in [-0.3, -0.25) is 14.2 Å². The molecular weight excluding hydrogens is 506 g/mol. The number of aryl methyl sites for hydroxylation is 2. The number of hydrogen-bond donors (Lipinski definition) is 0. The first-order chi connectivity index (χ1) is 17.2. The zero-order valence-corrected chi connectivity index (χ0v) is 19.8. The third-order valence-electron chi connectivity index (χ3n) is 6.82. The van der Waals surface area contributed by atoms with Crippen LogP contribution in [0.15, 0.2) is 41.6 Å². The number of imidazole rings is 1. The standard InChI is InChI=1S/C24H21F6N4O3/c1-12-8-32(11-31(12)3)17-4-5-18-22(36)34(13(2)9-33(18)21(17)35)19-10-37-20-15(19)6-14(23(25,26)27)7-16(20)24(28,29)30/h4-8,11,13,19H,9-10H2,1-3H3/q+1. The number of benzene rings is 1. The molecule has 2 atom stereocenters. The fraction of sp³-hybridized carbons (Fsp3) is 0.375.